The molecule has 0 unspecified atom stereocenters. The summed E-state index contributed by atoms with van der Waals surface area (Å²) in [4.78, 5) is 15.8. The molecule has 0 aliphatic heterocycles. The third-order valence-electron chi connectivity index (χ3n) is 12.2. The van der Waals surface area contributed by atoms with Crippen LogP contribution in [0.15, 0.2) is 229 Å². The van der Waals surface area contributed by atoms with Crippen LogP contribution in [0.1, 0.15) is 0 Å². The minimum atomic E-state index is 0.580. The zero-order valence-electron chi connectivity index (χ0n) is 34.1. The van der Waals surface area contributed by atoms with Crippen molar-refractivity contribution in [3.05, 3.63) is 224 Å². The number of rotatable bonds is 7. The first kappa shape index (κ1) is 36.4. The molecule has 4 nitrogen and oxygen atoms in total. The van der Waals surface area contributed by atoms with E-state index in [1.54, 1.807) is 0 Å². The SMILES string of the molecule is c1ccc(-c2ccc(-c3nc(-c4cccc5ccc(-c6ccccc6)cc45)nc(-c4cccc5oc6c(-c7ccc(-c8ccc9ccccc9c8)cc7)cccc6c45)n3)cc2)cc1. The lowest BCUT2D eigenvalue weighted by molar-refractivity contribution is 0.670. The zero-order chi connectivity index (χ0) is 41.7. The molecular formula is C59H37N3O. The van der Waals surface area contributed by atoms with Crippen molar-refractivity contribution in [2.24, 2.45) is 0 Å². The van der Waals surface area contributed by atoms with Gasteiger partial charge in [0, 0.05) is 33.0 Å². The van der Waals surface area contributed by atoms with Gasteiger partial charge in [-0.2, -0.15) is 0 Å². The van der Waals surface area contributed by atoms with Crippen molar-refractivity contribution in [1.82, 2.24) is 15.0 Å². The van der Waals surface area contributed by atoms with E-state index in [0.717, 1.165) is 82.8 Å². The van der Waals surface area contributed by atoms with Crippen molar-refractivity contribution in [3.63, 3.8) is 0 Å². The lowest BCUT2D eigenvalue weighted by Gasteiger charge is -2.12. The van der Waals surface area contributed by atoms with E-state index in [2.05, 4.69) is 200 Å². The summed E-state index contributed by atoms with van der Waals surface area (Å²) in [6.07, 6.45) is 0. The molecule has 0 fully saturated rings. The second kappa shape index (κ2) is 15.2. The van der Waals surface area contributed by atoms with Gasteiger partial charge in [-0.25, -0.2) is 15.0 Å². The number of para-hydroxylation sites is 1. The molecule has 0 atom stereocenters. The summed E-state index contributed by atoms with van der Waals surface area (Å²) < 4.78 is 6.79. The van der Waals surface area contributed by atoms with Gasteiger partial charge in [-0.15, -0.1) is 0 Å². The van der Waals surface area contributed by atoms with Crippen molar-refractivity contribution in [1.29, 1.82) is 0 Å². The van der Waals surface area contributed by atoms with Crippen molar-refractivity contribution < 1.29 is 4.42 Å². The topological polar surface area (TPSA) is 51.8 Å². The van der Waals surface area contributed by atoms with E-state index >= 15 is 0 Å². The second-order valence-electron chi connectivity index (χ2n) is 16.0. The monoisotopic (exact) mass is 803 g/mol. The highest BCUT2D eigenvalue weighted by Gasteiger charge is 2.20. The quantitative estimate of drug-likeness (QED) is 0.161. The lowest BCUT2D eigenvalue weighted by atomic mass is 9.97. The van der Waals surface area contributed by atoms with Crippen LogP contribution in [-0.2, 0) is 0 Å². The highest BCUT2D eigenvalue weighted by molar-refractivity contribution is 6.15. The predicted molar refractivity (Wildman–Crippen MR) is 260 cm³/mol. The molecule has 0 spiro atoms. The summed E-state index contributed by atoms with van der Waals surface area (Å²) in [7, 11) is 0. The standard InChI is InChI=1S/C59H37N3O/c1-3-12-38(13-4-1)41-26-32-45(33-27-41)57-60-58(50-20-9-18-43-31-35-48(37-53(43)50)39-14-5-2-6-15-39)62-59(61-57)52-22-11-23-54-55(52)51-21-10-19-49(56(51)63-54)44-29-24-42(25-30-44)47-34-28-40-16-7-8-17-46(40)36-47/h1-37H. The van der Waals surface area contributed by atoms with Crippen molar-refractivity contribution >= 4 is 43.5 Å². The van der Waals surface area contributed by atoms with Crippen LogP contribution in [0.3, 0.4) is 0 Å². The number of fused-ring (bicyclic) bond motifs is 5. The van der Waals surface area contributed by atoms with Gasteiger partial charge in [0.1, 0.15) is 11.2 Å². The average Bonchev–Trinajstić information content (AvgIpc) is 3.76. The van der Waals surface area contributed by atoms with Crippen molar-refractivity contribution in [2.45, 2.75) is 0 Å². The Kier molecular flexibility index (Phi) is 8.79. The molecule has 0 radical (unpaired) electrons. The van der Waals surface area contributed by atoms with E-state index in [9.17, 15) is 0 Å². The van der Waals surface area contributed by atoms with Crippen LogP contribution < -0.4 is 0 Å². The Morgan fingerprint density at radius 2 is 0.762 bits per heavy atom. The van der Waals surface area contributed by atoms with Crippen LogP contribution in [0.25, 0.3) is 122 Å². The minimum Gasteiger partial charge on any atom is -0.455 e. The van der Waals surface area contributed by atoms with Gasteiger partial charge < -0.3 is 4.42 Å². The number of nitrogens with zero attached hydrogens (tertiary/aromatic N) is 3. The summed E-state index contributed by atoms with van der Waals surface area (Å²) in [5.74, 6) is 1.79. The van der Waals surface area contributed by atoms with E-state index < -0.39 is 0 Å². The molecule has 10 aromatic carbocycles. The summed E-state index contributed by atoms with van der Waals surface area (Å²) in [6.45, 7) is 0. The molecule has 294 valence electrons. The number of hydrogen-bond donors (Lipinski definition) is 0. The van der Waals surface area contributed by atoms with Crippen LogP contribution in [0.4, 0.5) is 0 Å². The summed E-state index contributed by atoms with van der Waals surface area (Å²) in [5.41, 5.74) is 13.4. The molecule has 0 aliphatic rings. The van der Waals surface area contributed by atoms with Crippen LogP contribution in [0.2, 0.25) is 0 Å². The van der Waals surface area contributed by atoms with Gasteiger partial charge in [-0.1, -0.05) is 206 Å². The summed E-state index contributed by atoms with van der Waals surface area (Å²) in [6, 6.07) is 78.8. The molecule has 0 amide bonds. The molecule has 4 heteroatoms. The Morgan fingerprint density at radius 3 is 1.52 bits per heavy atom. The number of hydrogen-bond acceptors (Lipinski definition) is 4. The Bertz CT molecular complexity index is 3650. The largest absolute Gasteiger partial charge is 0.455 e. The third-order valence-corrected chi connectivity index (χ3v) is 12.2. The van der Waals surface area contributed by atoms with Gasteiger partial charge >= 0.3 is 0 Å². The molecule has 2 aromatic heterocycles. The fraction of sp³-hybridized carbons (Fsp3) is 0. The van der Waals surface area contributed by atoms with E-state index in [-0.39, 0.29) is 0 Å². The first-order valence-corrected chi connectivity index (χ1v) is 21.2. The van der Waals surface area contributed by atoms with Gasteiger partial charge in [0.2, 0.25) is 0 Å². The summed E-state index contributed by atoms with van der Waals surface area (Å²) >= 11 is 0. The van der Waals surface area contributed by atoms with Crippen molar-refractivity contribution in [2.75, 3.05) is 0 Å². The first-order valence-electron chi connectivity index (χ1n) is 21.2. The molecule has 12 aromatic rings. The Balaban J connectivity index is 1.01. The predicted octanol–water partition coefficient (Wildman–Crippen LogP) is 15.7. The molecule has 0 aliphatic carbocycles. The number of benzene rings is 10. The normalized spacial score (nSPS) is 11.5. The summed E-state index contributed by atoms with van der Waals surface area (Å²) in [5, 5.41) is 6.63. The molecular weight excluding hydrogens is 767 g/mol. The maximum Gasteiger partial charge on any atom is 0.164 e. The highest BCUT2D eigenvalue weighted by Crippen LogP contribution is 2.41. The van der Waals surface area contributed by atoms with Gasteiger partial charge in [0.25, 0.3) is 0 Å². The minimum absolute atomic E-state index is 0.580. The molecule has 12 rings (SSSR count). The second-order valence-corrected chi connectivity index (χ2v) is 16.0. The Hall–Kier alpha value is -8.47. The molecule has 2 heterocycles. The highest BCUT2D eigenvalue weighted by atomic mass is 16.3. The number of aromatic nitrogens is 3. The first-order chi connectivity index (χ1) is 31.2. The van der Waals surface area contributed by atoms with E-state index in [0.29, 0.717) is 17.5 Å². The van der Waals surface area contributed by atoms with Crippen molar-refractivity contribution in [3.8, 4) is 78.7 Å². The molecule has 0 N–H and O–H groups in total. The van der Waals surface area contributed by atoms with E-state index in [4.69, 9.17) is 19.4 Å². The number of furan rings is 1. The van der Waals surface area contributed by atoms with Gasteiger partial charge in [-0.05, 0) is 78.7 Å². The third kappa shape index (κ3) is 6.62. The zero-order valence-corrected chi connectivity index (χ0v) is 34.1. The lowest BCUT2D eigenvalue weighted by Crippen LogP contribution is -2.01. The maximum atomic E-state index is 6.79. The Morgan fingerprint density at radius 1 is 0.270 bits per heavy atom. The van der Waals surface area contributed by atoms with Crippen LogP contribution in [0, 0.1) is 0 Å². The smallest absolute Gasteiger partial charge is 0.164 e. The molecule has 0 saturated carbocycles. The molecule has 0 saturated heterocycles. The van der Waals surface area contributed by atoms with Crippen LogP contribution >= 0.6 is 0 Å². The van der Waals surface area contributed by atoms with Crippen LogP contribution in [0.5, 0.6) is 0 Å². The maximum absolute atomic E-state index is 6.79. The van der Waals surface area contributed by atoms with Gasteiger partial charge in [0.05, 0.1) is 0 Å². The Labute approximate surface area is 364 Å². The fourth-order valence-corrected chi connectivity index (χ4v) is 8.94. The molecule has 0 bridgehead atoms. The molecule has 63 heavy (non-hydrogen) atoms. The van der Waals surface area contributed by atoms with E-state index in [1.807, 2.05) is 24.3 Å². The van der Waals surface area contributed by atoms with Gasteiger partial charge in [0.15, 0.2) is 17.5 Å². The van der Waals surface area contributed by atoms with Gasteiger partial charge in [-0.3, -0.25) is 0 Å². The fourth-order valence-electron chi connectivity index (χ4n) is 8.94. The average molecular weight is 804 g/mol. The van der Waals surface area contributed by atoms with Crippen LogP contribution in [-0.4, -0.2) is 15.0 Å². The van der Waals surface area contributed by atoms with E-state index in [1.165, 1.54) is 21.9 Å².